The average Bonchev–Trinajstić information content (AvgIpc) is 3.16. The summed E-state index contributed by atoms with van der Waals surface area (Å²) in [5.41, 5.74) is 4.48. The molecule has 25 heavy (non-hydrogen) atoms. The van der Waals surface area contributed by atoms with Crippen molar-refractivity contribution in [1.29, 1.82) is 0 Å². The van der Waals surface area contributed by atoms with Gasteiger partial charge >= 0.3 is 0 Å². The summed E-state index contributed by atoms with van der Waals surface area (Å²) in [4.78, 5) is 12.4. The Kier molecular flexibility index (Phi) is 4.22. The maximum Gasteiger partial charge on any atom is 0.220 e. The topological polar surface area (TPSA) is 46.9 Å². The monoisotopic (exact) mass is 353 g/mol. The maximum absolute atomic E-state index is 12.4. The highest BCUT2D eigenvalue weighted by Crippen LogP contribution is 2.35. The third kappa shape index (κ3) is 3.02. The first kappa shape index (κ1) is 16.2. The number of nitrogens with zero attached hydrogens (tertiary/aromatic N) is 2. The van der Waals surface area contributed by atoms with Crippen LogP contribution in [0.5, 0.6) is 0 Å². The van der Waals surface area contributed by atoms with Gasteiger partial charge < -0.3 is 5.32 Å². The molecule has 0 bridgehead atoms. The number of fused-ring (bicyclic) bond motifs is 2. The number of carbonyl (C=O) groups is 1. The largest absolute Gasteiger partial charge is 0.350 e. The number of rotatable bonds is 4. The summed E-state index contributed by atoms with van der Waals surface area (Å²) >= 11 is 6.32. The van der Waals surface area contributed by atoms with Crippen molar-refractivity contribution in [2.45, 2.75) is 31.7 Å². The summed E-state index contributed by atoms with van der Waals surface area (Å²) in [5.74, 6) is 0.382. The van der Waals surface area contributed by atoms with Crippen LogP contribution in [-0.2, 0) is 24.8 Å². The van der Waals surface area contributed by atoms with Crippen molar-refractivity contribution in [3.05, 3.63) is 64.3 Å². The summed E-state index contributed by atoms with van der Waals surface area (Å²) in [5, 5.41) is 9.10. The fraction of sp³-hybridized carbons (Fsp3) is 0.300. The van der Waals surface area contributed by atoms with E-state index in [0.717, 1.165) is 29.4 Å². The van der Waals surface area contributed by atoms with Gasteiger partial charge in [-0.1, -0.05) is 41.9 Å². The molecule has 4 nitrogen and oxygen atoms in total. The summed E-state index contributed by atoms with van der Waals surface area (Å²) < 4.78 is 1.80. The normalized spacial score (nSPS) is 16.2. The van der Waals surface area contributed by atoms with E-state index in [4.69, 9.17) is 11.6 Å². The summed E-state index contributed by atoms with van der Waals surface area (Å²) in [6.07, 6.45) is 2.63. The van der Waals surface area contributed by atoms with E-state index in [-0.39, 0.29) is 5.91 Å². The Labute approximate surface area is 151 Å². The minimum atomic E-state index is 0.0626. The highest BCUT2D eigenvalue weighted by molar-refractivity contribution is 6.35. The minimum absolute atomic E-state index is 0.0626. The summed E-state index contributed by atoms with van der Waals surface area (Å²) in [6.45, 7) is 0.397. The lowest BCUT2D eigenvalue weighted by atomic mass is 9.97. The van der Waals surface area contributed by atoms with E-state index >= 15 is 0 Å². The lowest BCUT2D eigenvalue weighted by molar-refractivity contribution is -0.121. The van der Waals surface area contributed by atoms with E-state index < -0.39 is 0 Å². The SMILES string of the molecule is Cn1nc(CNC(=O)CC2CCc3ccccc32)c2c(Cl)cccc21. The van der Waals surface area contributed by atoms with Gasteiger partial charge in [-0.3, -0.25) is 9.48 Å². The van der Waals surface area contributed by atoms with Crippen LogP contribution in [0.2, 0.25) is 5.02 Å². The molecule has 1 aliphatic rings. The van der Waals surface area contributed by atoms with Gasteiger partial charge in [-0.2, -0.15) is 5.10 Å². The number of aryl methyl sites for hydroxylation is 2. The number of hydrogen-bond acceptors (Lipinski definition) is 2. The van der Waals surface area contributed by atoms with Gasteiger partial charge in [-0.15, -0.1) is 0 Å². The van der Waals surface area contributed by atoms with Gasteiger partial charge in [0.15, 0.2) is 0 Å². The molecule has 5 heteroatoms. The van der Waals surface area contributed by atoms with Gasteiger partial charge in [-0.05, 0) is 42.0 Å². The number of nitrogens with one attached hydrogen (secondary N) is 1. The first-order valence-corrected chi connectivity index (χ1v) is 8.96. The first-order valence-electron chi connectivity index (χ1n) is 8.58. The zero-order chi connectivity index (χ0) is 17.4. The Morgan fingerprint density at radius 3 is 3.00 bits per heavy atom. The Hall–Kier alpha value is -2.33. The molecule has 1 aromatic heterocycles. The number of benzene rings is 2. The van der Waals surface area contributed by atoms with Gasteiger partial charge in [0, 0.05) is 18.9 Å². The number of hydrogen-bond donors (Lipinski definition) is 1. The van der Waals surface area contributed by atoms with E-state index in [1.807, 2.05) is 25.2 Å². The molecule has 0 spiro atoms. The smallest absolute Gasteiger partial charge is 0.220 e. The number of halogens is 1. The molecule has 1 N–H and O–H groups in total. The molecule has 1 amide bonds. The molecule has 1 aliphatic carbocycles. The fourth-order valence-electron chi connectivity index (χ4n) is 3.81. The molecule has 0 saturated carbocycles. The van der Waals surface area contributed by atoms with E-state index in [2.05, 4.69) is 34.7 Å². The second kappa shape index (κ2) is 6.52. The van der Waals surface area contributed by atoms with Crippen LogP contribution < -0.4 is 5.32 Å². The van der Waals surface area contributed by atoms with Gasteiger partial charge in [0.2, 0.25) is 5.91 Å². The molecule has 128 valence electrons. The van der Waals surface area contributed by atoms with Gasteiger partial charge in [0.1, 0.15) is 0 Å². The van der Waals surface area contributed by atoms with Crippen LogP contribution in [-0.4, -0.2) is 15.7 Å². The highest BCUT2D eigenvalue weighted by Gasteiger charge is 2.24. The fourth-order valence-corrected chi connectivity index (χ4v) is 4.09. The number of amides is 1. The van der Waals surface area contributed by atoms with Gasteiger partial charge in [-0.25, -0.2) is 0 Å². The van der Waals surface area contributed by atoms with Crippen LogP contribution in [0.25, 0.3) is 10.9 Å². The molecule has 0 saturated heterocycles. The summed E-state index contributed by atoms with van der Waals surface area (Å²) in [7, 11) is 1.89. The number of carbonyl (C=O) groups excluding carboxylic acids is 1. The van der Waals surface area contributed by atoms with E-state index in [9.17, 15) is 4.79 Å². The number of aromatic nitrogens is 2. The molecule has 1 atom stereocenters. The van der Waals surface area contributed by atoms with Crippen molar-refractivity contribution in [2.24, 2.45) is 7.05 Å². The van der Waals surface area contributed by atoms with E-state index in [0.29, 0.717) is 23.9 Å². The first-order chi connectivity index (χ1) is 12.1. The minimum Gasteiger partial charge on any atom is -0.350 e. The molecule has 2 aromatic carbocycles. The molecule has 0 radical (unpaired) electrons. The lowest BCUT2D eigenvalue weighted by Crippen LogP contribution is -2.24. The standard InChI is InChI=1S/C20H20ClN3O/c1-24-18-8-4-7-16(21)20(18)17(23-24)12-22-19(25)11-14-10-9-13-5-2-3-6-15(13)14/h2-8,14H,9-12H2,1H3,(H,22,25). The van der Waals surface area contributed by atoms with Crippen LogP contribution >= 0.6 is 11.6 Å². The van der Waals surface area contributed by atoms with Crippen LogP contribution in [0.3, 0.4) is 0 Å². The third-order valence-electron chi connectivity index (χ3n) is 5.04. The third-order valence-corrected chi connectivity index (χ3v) is 5.36. The Morgan fingerprint density at radius 1 is 1.28 bits per heavy atom. The molecular weight excluding hydrogens is 334 g/mol. The average molecular weight is 354 g/mol. The van der Waals surface area contributed by atoms with Crippen LogP contribution in [0, 0.1) is 0 Å². The molecule has 0 fully saturated rings. The molecule has 3 aromatic rings. The van der Waals surface area contributed by atoms with E-state index in [1.165, 1.54) is 11.1 Å². The van der Waals surface area contributed by atoms with Crippen molar-refractivity contribution < 1.29 is 4.79 Å². The van der Waals surface area contributed by atoms with Crippen molar-refractivity contribution in [3.63, 3.8) is 0 Å². The predicted molar refractivity (Wildman–Crippen MR) is 99.7 cm³/mol. The Morgan fingerprint density at radius 2 is 2.12 bits per heavy atom. The molecule has 4 rings (SSSR count). The van der Waals surface area contributed by atoms with Crippen LogP contribution in [0.15, 0.2) is 42.5 Å². The van der Waals surface area contributed by atoms with Crippen LogP contribution in [0.4, 0.5) is 0 Å². The van der Waals surface area contributed by atoms with Crippen molar-refractivity contribution in [1.82, 2.24) is 15.1 Å². The van der Waals surface area contributed by atoms with Gasteiger partial charge in [0.25, 0.3) is 0 Å². The molecule has 1 heterocycles. The van der Waals surface area contributed by atoms with Gasteiger partial charge in [0.05, 0.1) is 22.8 Å². The second-order valence-corrected chi connectivity index (χ2v) is 7.03. The maximum atomic E-state index is 12.4. The Bertz CT molecular complexity index is 947. The lowest BCUT2D eigenvalue weighted by Gasteiger charge is -2.11. The Balaban J connectivity index is 1.45. The highest BCUT2D eigenvalue weighted by atomic mass is 35.5. The van der Waals surface area contributed by atoms with E-state index in [1.54, 1.807) is 4.68 Å². The molecular formula is C20H20ClN3O. The quantitative estimate of drug-likeness (QED) is 0.771. The molecule has 1 unspecified atom stereocenters. The zero-order valence-corrected chi connectivity index (χ0v) is 14.9. The summed E-state index contributed by atoms with van der Waals surface area (Å²) in [6, 6.07) is 14.2. The van der Waals surface area contributed by atoms with Crippen molar-refractivity contribution >= 4 is 28.4 Å². The molecule has 0 aliphatic heterocycles. The van der Waals surface area contributed by atoms with Crippen molar-refractivity contribution in [2.75, 3.05) is 0 Å². The predicted octanol–water partition coefficient (Wildman–Crippen LogP) is 3.96. The van der Waals surface area contributed by atoms with Crippen LogP contribution in [0.1, 0.15) is 35.6 Å². The second-order valence-electron chi connectivity index (χ2n) is 6.62. The zero-order valence-electron chi connectivity index (χ0n) is 14.1. The van der Waals surface area contributed by atoms with Crippen molar-refractivity contribution in [3.8, 4) is 0 Å².